The number of ether oxygens (including phenoxy) is 2. The largest absolute Gasteiger partial charge is 0.380 e. The van der Waals surface area contributed by atoms with Crippen LogP contribution >= 0.6 is 0 Å². The van der Waals surface area contributed by atoms with Gasteiger partial charge < -0.3 is 20.5 Å². The number of rotatable bonds is 5. The molecule has 112 valence electrons. The van der Waals surface area contributed by atoms with Gasteiger partial charge in [-0.1, -0.05) is 13.8 Å². The van der Waals surface area contributed by atoms with Crippen molar-refractivity contribution in [3.63, 3.8) is 0 Å². The highest BCUT2D eigenvalue weighted by Gasteiger charge is 2.58. The van der Waals surface area contributed by atoms with Gasteiger partial charge in [0.15, 0.2) is 0 Å². The highest BCUT2D eigenvalue weighted by atomic mass is 16.5. The molecule has 1 aliphatic carbocycles. The van der Waals surface area contributed by atoms with Gasteiger partial charge in [-0.25, -0.2) is 0 Å². The molecule has 4 nitrogen and oxygen atoms in total. The van der Waals surface area contributed by atoms with Gasteiger partial charge in [0.05, 0.1) is 12.7 Å². The summed E-state index contributed by atoms with van der Waals surface area (Å²) < 4.78 is 11.4. The molecule has 3 N–H and O–H groups in total. The molecule has 2 fully saturated rings. The van der Waals surface area contributed by atoms with E-state index in [0.717, 1.165) is 39.2 Å². The molecule has 3 atom stereocenters. The maximum Gasteiger partial charge on any atom is 0.0662 e. The van der Waals surface area contributed by atoms with Crippen LogP contribution in [0.5, 0.6) is 0 Å². The maximum atomic E-state index is 6.59. The first-order chi connectivity index (χ1) is 8.83. The third-order valence-corrected chi connectivity index (χ3v) is 5.27. The van der Waals surface area contributed by atoms with Crippen molar-refractivity contribution in [1.29, 1.82) is 0 Å². The van der Waals surface area contributed by atoms with Crippen molar-refractivity contribution in [1.82, 2.24) is 5.32 Å². The van der Waals surface area contributed by atoms with Crippen LogP contribution in [0.3, 0.4) is 0 Å². The lowest BCUT2D eigenvalue weighted by Crippen LogP contribution is -2.74. The Morgan fingerprint density at radius 3 is 2.63 bits per heavy atom. The predicted octanol–water partition coefficient (Wildman–Crippen LogP) is 1.68. The minimum Gasteiger partial charge on any atom is -0.380 e. The molecule has 2 aliphatic rings. The average molecular weight is 270 g/mol. The second-order valence-electron chi connectivity index (χ2n) is 7.10. The Kier molecular flexibility index (Phi) is 4.26. The summed E-state index contributed by atoms with van der Waals surface area (Å²) in [5.74, 6) is 0. The van der Waals surface area contributed by atoms with Crippen molar-refractivity contribution < 1.29 is 9.47 Å². The van der Waals surface area contributed by atoms with Crippen LogP contribution < -0.4 is 11.1 Å². The molecule has 1 saturated heterocycles. The third-order valence-electron chi connectivity index (χ3n) is 5.27. The SMILES string of the molecule is CCOC1CC(N)(CNC2(C)CCCOC2)C1(C)C. The smallest absolute Gasteiger partial charge is 0.0662 e. The Morgan fingerprint density at radius 1 is 1.37 bits per heavy atom. The fourth-order valence-electron chi connectivity index (χ4n) is 3.25. The minimum absolute atomic E-state index is 0.0297. The standard InChI is InChI=1S/C15H30N2O2/c1-5-19-12-9-15(16,13(12,2)3)10-17-14(4)7-6-8-18-11-14/h12,17H,5-11,16H2,1-4H3. The van der Waals surface area contributed by atoms with Crippen LogP contribution in [-0.4, -0.2) is 43.5 Å². The topological polar surface area (TPSA) is 56.5 Å². The Morgan fingerprint density at radius 2 is 2.11 bits per heavy atom. The van der Waals surface area contributed by atoms with Gasteiger partial charge in [0, 0.05) is 36.3 Å². The molecule has 2 rings (SSSR count). The second kappa shape index (κ2) is 5.32. The van der Waals surface area contributed by atoms with Crippen molar-refractivity contribution in [3.05, 3.63) is 0 Å². The van der Waals surface area contributed by atoms with Crippen molar-refractivity contribution in [2.24, 2.45) is 11.1 Å². The molecule has 1 saturated carbocycles. The molecule has 4 heteroatoms. The van der Waals surface area contributed by atoms with Gasteiger partial charge in [0.25, 0.3) is 0 Å². The highest BCUT2D eigenvalue weighted by Crippen LogP contribution is 2.49. The zero-order valence-corrected chi connectivity index (χ0v) is 12.9. The molecule has 1 aliphatic heterocycles. The van der Waals surface area contributed by atoms with E-state index in [1.54, 1.807) is 0 Å². The first-order valence-corrected chi connectivity index (χ1v) is 7.56. The van der Waals surface area contributed by atoms with Gasteiger partial charge in [0.2, 0.25) is 0 Å². The Labute approximate surface area is 117 Å². The van der Waals surface area contributed by atoms with Crippen LogP contribution in [0.1, 0.15) is 47.0 Å². The number of nitrogens with one attached hydrogen (secondary N) is 1. The number of hydrogen-bond acceptors (Lipinski definition) is 4. The number of nitrogens with two attached hydrogens (primary N) is 1. The summed E-state index contributed by atoms with van der Waals surface area (Å²) in [5, 5.41) is 3.65. The lowest BCUT2D eigenvalue weighted by molar-refractivity contribution is -0.150. The molecular weight excluding hydrogens is 240 g/mol. The molecule has 0 radical (unpaired) electrons. The lowest BCUT2D eigenvalue weighted by atomic mass is 9.54. The normalized spacial score (nSPS) is 41.8. The van der Waals surface area contributed by atoms with Crippen LogP contribution in [-0.2, 0) is 9.47 Å². The molecule has 0 spiro atoms. The predicted molar refractivity (Wildman–Crippen MR) is 77.2 cm³/mol. The second-order valence-corrected chi connectivity index (χ2v) is 7.10. The van der Waals surface area contributed by atoms with E-state index in [2.05, 4.69) is 26.1 Å². The van der Waals surface area contributed by atoms with E-state index < -0.39 is 0 Å². The highest BCUT2D eigenvalue weighted by molar-refractivity contribution is 5.15. The van der Waals surface area contributed by atoms with Crippen molar-refractivity contribution in [2.75, 3.05) is 26.4 Å². The van der Waals surface area contributed by atoms with Crippen LogP contribution in [0.4, 0.5) is 0 Å². The summed E-state index contributed by atoms with van der Waals surface area (Å²) >= 11 is 0. The molecule has 19 heavy (non-hydrogen) atoms. The molecule has 0 aromatic rings. The Hall–Kier alpha value is -0.160. The zero-order valence-electron chi connectivity index (χ0n) is 12.9. The summed E-state index contributed by atoms with van der Waals surface area (Å²) in [7, 11) is 0. The van der Waals surface area contributed by atoms with E-state index in [9.17, 15) is 0 Å². The van der Waals surface area contributed by atoms with Crippen LogP contribution in [0.2, 0.25) is 0 Å². The van der Waals surface area contributed by atoms with Crippen molar-refractivity contribution in [3.8, 4) is 0 Å². The van der Waals surface area contributed by atoms with Crippen LogP contribution in [0.15, 0.2) is 0 Å². The van der Waals surface area contributed by atoms with Gasteiger partial charge in [-0.2, -0.15) is 0 Å². The van der Waals surface area contributed by atoms with Gasteiger partial charge in [-0.05, 0) is 33.1 Å². The summed E-state index contributed by atoms with van der Waals surface area (Å²) in [6.45, 7) is 12.0. The van der Waals surface area contributed by atoms with E-state index in [-0.39, 0.29) is 16.5 Å². The molecule has 1 heterocycles. The third kappa shape index (κ3) is 2.82. The summed E-state index contributed by atoms with van der Waals surface area (Å²) in [4.78, 5) is 0. The van der Waals surface area contributed by atoms with Crippen LogP contribution in [0.25, 0.3) is 0 Å². The van der Waals surface area contributed by atoms with Crippen molar-refractivity contribution >= 4 is 0 Å². The lowest BCUT2D eigenvalue weighted by Gasteiger charge is -2.60. The van der Waals surface area contributed by atoms with E-state index in [1.165, 1.54) is 6.42 Å². The average Bonchev–Trinajstić information content (AvgIpc) is 2.37. The Balaban J connectivity index is 1.89. The minimum atomic E-state index is -0.173. The monoisotopic (exact) mass is 270 g/mol. The van der Waals surface area contributed by atoms with Gasteiger partial charge >= 0.3 is 0 Å². The summed E-state index contributed by atoms with van der Waals surface area (Å²) in [6.07, 6.45) is 3.53. The summed E-state index contributed by atoms with van der Waals surface area (Å²) in [5.41, 5.74) is 6.53. The van der Waals surface area contributed by atoms with E-state index in [0.29, 0.717) is 6.10 Å². The van der Waals surface area contributed by atoms with Gasteiger partial charge in [-0.3, -0.25) is 0 Å². The fraction of sp³-hybridized carbons (Fsp3) is 1.00. The fourth-order valence-corrected chi connectivity index (χ4v) is 3.25. The molecular formula is C15H30N2O2. The first kappa shape index (κ1) is 15.2. The van der Waals surface area contributed by atoms with Gasteiger partial charge in [-0.15, -0.1) is 0 Å². The molecule has 0 bridgehead atoms. The Bertz CT molecular complexity index is 313. The van der Waals surface area contributed by atoms with Crippen molar-refractivity contribution in [2.45, 2.75) is 64.1 Å². The van der Waals surface area contributed by atoms with E-state index >= 15 is 0 Å². The first-order valence-electron chi connectivity index (χ1n) is 7.56. The van der Waals surface area contributed by atoms with Crippen LogP contribution in [0, 0.1) is 5.41 Å². The molecule has 0 aromatic carbocycles. The molecule has 0 aromatic heterocycles. The molecule has 0 amide bonds. The number of hydrogen-bond donors (Lipinski definition) is 2. The van der Waals surface area contributed by atoms with E-state index in [4.69, 9.17) is 15.2 Å². The quantitative estimate of drug-likeness (QED) is 0.798. The molecule has 3 unspecified atom stereocenters. The summed E-state index contributed by atoms with van der Waals surface area (Å²) in [6, 6.07) is 0. The zero-order chi connectivity index (χ0) is 14.1. The van der Waals surface area contributed by atoms with Gasteiger partial charge in [0.1, 0.15) is 0 Å². The maximum absolute atomic E-state index is 6.59. The van der Waals surface area contributed by atoms with E-state index in [1.807, 2.05) is 6.92 Å².